The van der Waals surface area contributed by atoms with Crippen LogP contribution in [-0.2, 0) is 4.74 Å². The summed E-state index contributed by atoms with van der Waals surface area (Å²) in [7, 11) is 0. The maximum atomic E-state index is 5.84. The lowest BCUT2D eigenvalue weighted by Crippen LogP contribution is -2.48. The zero-order chi connectivity index (χ0) is 8.32. The minimum atomic E-state index is -0.153. The molecule has 0 radical (unpaired) electrons. The third-order valence-corrected chi connectivity index (χ3v) is 2.46. The Morgan fingerprint density at radius 2 is 2.36 bits per heavy atom. The van der Waals surface area contributed by atoms with Gasteiger partial charge in [-0.3, -0.25) is 0 Å². The van der Waals surface area contributed by atoms with Crippen molar-refractivity contribution < 1.29 is 4.74 Å². The van der Waals surface area contributed by atoms with Gasteiger partial charge in [-0.05, 0) is 26.2 Å². The molecular formula is C9H17NO. The lowest BCUT2D eigenvalue weighted by Gasteiger charge is -2.37. The average molecular weight is 155 g/mol. The van der Waals surface area contributed by atoms with Gasteiger partial charge in [0, 0.05) is 6.61 Å². The van der Waals surface area contributed by atoms with Crippen LogP contribution in [0.15, 0.2) is 12.7 Å². The highest BCUT2D eigenvalue weighted by Crippen LogP contribution is 2.26. The van der Waals surface area contributed by atoms with Gasteiger partial charge in [0.05, 0.1) is 11.6 Å². The Kier molecular flexibility index (Phi) is 2.68. The molecule has 11 heavy (non-hydrogen) atoms. The van der Waals surface area contributed by atoms with Crippen molar-refractivity contribution in [2.75, 3.05) is 6.61 Å². The third kappa shape index (κ3) is 1.82. The molecule has 1 fully saturated rings. The lowest BCUT2D eigenvalue weighted by molar-refractivity contribution is -0.0721. The summed E-state index contributed by atoms with van der Waals surface area (Å²) < 4.78 is 5.62. The van der Waals surface area contributed by atoms with Crippen LogP contribution in [0.5, 0.6) is 0 Å². The Balaban J connectivity index is 2.55. The van der Waals surface area contributed by atoms with Crippen molar-refractivity contribution in [1.29, 1.82) is 0 Å². The molecule has 0 aromatic rings. The van der Waals surface area contributed by atoms with E-state index in [0.29, 0.717) is 0 Å². The van der Waals surface area contributed by atoms with Gasteiger partial charge in [-0.2, -0.15) is 0 Å². The number of rotatable bonds is 2. The summed E-state index contributed by atoms with van der Waals surface area (Å²) in [6, 6.07) is -0.0252. The van der Waals surface area contributed by atoms with Crippen molar-refractivity contribution in [3.8, 4) is 0 Å². The van der Waals surface area contributed by atoms with Crippen LogP contribution in [0.4, 0.5) is 0 Å². The molecule has 1 heterocycles. The molecular weight excluding hydrogens is 138 g/mol. The quantitative estimate of drug-likeness (QED) is 0.613. The highest BCUT2D eigenvalue weighted by Gasteiger charge is 2.32. The fourth-order valence-corrected chi connectivity index (χ4v) is 1.47. The second kappa shape index (κ2) is 3.37. The molecule has 64 valence electrons. The Labute approximate surface area is 68.4 Å². The molecule has 0 aromatic heterocycles. The number of nitrogens with two attached hydrogens (primary N) is 1. The van der Waals surface area contributed by atoms with Crippen LogP contribution >= 0.6 is 0 Å². The molecule has 0 saturated carbocycles. The molecule has 2 N–H and O–H groups in total. The van der Waals surface area contributed by atoms with E-state index in [-0.39, 0.29) is 11.6 Å². The van der Waals surface area contributed by atoms with E-state index in [0.717, 1.165) is 13.0 Å². The number of hydrogen-bond acceptors (Lipinski definition) is 2. The van der Waals surface area contributed by atoms with Gasteiger partial charge in [-0.25, -0.2) is 0 Å². The van der Waals surface area contributed by atoms with Crippen molar-refractivity contribution in [2.24, 2.45) is 5.73 Å². The summed E-state index contributed by atoms with van der Waals surface area (Å²) in [6.45, 7) is 6.59. The van der Waals surface area contributed by atoms with Gasteiger partial charge in [-0.1, -0.05) is 6.08 Å². The maximum absolute atomic E-state index is 5.84. The fourth-order valence-electron chi connectivity index (χ4n) is 1.47. The summed E-state index contributed by atoms with van der Waals surface area (Å²) in [5, 5.41) is 0. The third-order valence-electron chi connectivity index (χ3n) is 2.46. The van der Waals surface area contributed by atoms with Crippen LogP contribution in [0.3, 0.4) is 0 Å². The first-order valence-corrected chi connectivity index (χ1v) is 4.21. The maximum Gasteiger partial charge on any atom is 0.0840 e. The smallest absolute Gasteiger partial charge is 0.0840 e. The average Bonchev–Trinajstić information content (AvgIpc) is 2.04. The van der Waals surface area contributed by atoms with E-state index in [1.165, 1.54) is 12.8 Å². The van der Waals surface area contributed by atoms with Gasteiger partial charge < -0.3 is 10.5 Å². The standard InChI is InChI=1S/C9H17NO/c1-3-8(10)9(2)6-4-5-7-11-9/h3,8H,1,4-7,10H2,2H3. The van der Waals surface area contributed by atoms with Crippen molar-refractivity contribution in [3.05, 3.63) is 12.7 Å². The minimum Gasteiger partial charge on any atom is -0.373 e. The summed E-state index contributed by atoms with van der Waals surface area (Å²) in [5.41, 5.74) is 5.69. The molecule has 1 aliphatic heterocycles. The van der Waals surface area contributed by atoms with E-state index in [1.807, 2.05) is 0 Å². The summed E-state index contributed by atoms with van der Waals surface area (Å²) in [5.74, 6) is 0. The molecule has 1 aliphatic rings. The van der Waals surface area contributed by atoms with E-state index in [9.17, 15) is 0 Å². The van der Waals surface area contributed by atoms with Crippen LogP contribution in [0.1, 0.15) is 26.2 Å². The normalized spacial score (nSPS) is 34.7. The second-order valence-corrected chi connectivity index (χ2v) is 3.38. The number of ether oxygens (including phenoxy) is 1. The zero-order valence-electron chi connectivity index (χ0n) is 7.18. The molecule has 0 aromatic carbocycles. The Morgan fingerprint density at radius 1 is 1.64 bits per heavy atom. The van der Waals surface area contributed by atoms with E-state index in [4.69, 9.17) is 10.5 Å². The monoisotopic (exact) mass is 155 g/mol. The van der Waals surface area contributed by atoms with E-state index in [2.05, 4.69) is 13.5 Å². The highest BCUT2D eigenvalue weighted by atomic mass is 16.5. The summed E-state index contributed by atoms with van der Waals surface area (Å²) >= 11 is 0. The second-order valence-electron chi connectivity index (χ2n) is 3.38. The molecule has 1 saturated heterocycles. The first-order chi connectivity index (χ1) is 5.19. The molecule has 1 rings (SSSR count). The Hall–Kier alpha value is -0.340. The molecule has 2 nitrogen and oxygen atoms in total. The zero-order valence-corrected chi connectivity index (χ0v) is 7.18. The molecule has 0 aliphatic carbocycles. The lowest BCUT2D eigenvalue weighted by atomic mass is 9.89. The molecule has 2 unspecified atom stereocenters. The molecule has 2 atom stereocenters. The van der Waals surface area contributed by atoms with Crippen molar-refractivity contribution in [2.45, 2.75) is 37.8 Å². The SMILES string of the molecule is C=CC(N)C1(C)CCCCO1. The van der Waals surface area contributed by atoms with E-state index >= 15 is 0 Å². The first kappa shape index (κ1) is 8.75. The van der Waals surface area contributed by atoms with Gasteiger partial charge in [0.25, 0.3) is 0 Å². The Morgan fingerprint density at radius 3 is 2.82 bits per heavy atom. The van der Waals surface area contributed by atoms with Gasteiger partial charge in [0.2, 0.25) is 0 Å². The predicted octanol–water partition coefficient (Wildman–Crippen LogP) is 1.46. The Bertz CT molecular complexity index is 138. The van der Waals surface area contributed by atoms with Gasteiger partial charge in [0.15, 0.2) is 0 Å². The van der Waals surface area contributed by atoms with Crippen molar-refractivity contribution in [3.63, 3.8) is 0 Å². The molecule has 0 amide bonds. The van der Waals surface area contributed by atoms with Crippen LogP contribution < -0.4 is 5.73 Å². The number of hydrogen-bond donors (Lipinski definition) is 1. The molecule has 2 heteroatoms. The van der Waals surface area contributed by atoms with E-state index in [1.54, 1.807) is 6.08 Å². The summed E-state index contributed by atoms with van der Waals surface area (Å²) in [6.07, 6.45) is 5.21. The topological polar surface area (TPSA) is 35.2 Å². The van der Waals surface area contributed by atoms with Crippen LogP contribution in [0.25, 0.3) is 0 Å². The van der Waals surface area contributed by atoms with Crippen LogP contribution in [0, 0.1) is 0 Å². The van der Waals surface area contributed by atoms with Gasteiger partial charge >= 0.3 is 0 Å². The van der Waals surface area contributed by atoms with Gasteiger partial charge in [0.1, 0.15) is 0 Å². The fraction of sp³-hybridized carbons (Fsp3) is 0.778. The highest BCUT2D eigenvalue weighted by molar-refractivity contribution is 4.99. The predicted molar refractivity (Wildman–Crippen MR) is 46.4 cm³/mol. The van der Waals surface area contributed by atoms with Crippen LogP contribution in [-0.4, -0.2) is 18.2 Å². The van der Waals surface area contributed by atoms with E-state index < -0.39 is 0 Å². The summed E-state index contributed by atoms with van der Waals surface area (Å²) in [4.78, 5) is 0. The van der Waals surface area contributed by atoms with Crippen LogP contribution in [0.2, 0.25) is 0 Å². The largest absolute Gasteiger partial charge is 0.373 e. The molecule has 0 spiro atoms. The van der Waals surface area contributed by atoms with Gasteiger partial charge in [-0.15, -0.1) is 6.58 Å². The molecule has 0 bridgehead atoms. The minimum absolute atomic E-state index is 0.0252. The first-order valence-electron chi connectivity index (χ1n) is 4.21. The van der Waals surface area contributed by atoms with Crippen molar-refractivity contribution >= 4 is 0 Å². The van der Waals surface area contributed by atoms with Crippen molar-refractivity contribution in [1.82, 2.24) is 0 Å².